The summed E-state index contributed by atoms with van der Waals surface area (Å²) in [7, 11) is -3.87. The number of benzene rings is 2. The van der Waals surface area contributed by atoms with Gasteiger partial charge in [0.1, 0.15) is 13.2 Å². The quantitative estimate of drug-likeness (QED) is 0.747. The van der Waals surface area contributed by atoms with E-state index in [-0.39, 0.29) is 10.5 Å². The number of halogens is 1. The molecule has 0 radical (unpaired) electrons. The summed E-state index contributed by atoms with van der Waals surface area (Å²) in [4.78, 5) is 14.2. The van der Waals surface area contributed by atoms with Crippen molar-refractivity contribution in [2.24, 2.45) is 0 Å². The molecule has 2 aromatic carbocycles. The van der Waals surface area contributed by atoms with Crippen molar-refractivity contribution in [3.8, 4) is 11.5 Å². The number of sulfonamides is 1. The van der Waals surface area contributed by atoms with Crippen LogP contribution in [0.25, 0.3) is 0 Å². The lowest BCUT2D eigenvalue weighted by molar-refractivity contribution is 0.0944. The van der Waals surface area contributed by atoms with Crippen LogP contribution >= 0.6 is 15.9 Å². The Morgan fingerprint density at radius 2 is 1.79 bits per heavy atom. The van der Waals surface area contributed by atoms with Gasteiger partial charge in [0.2, 0.25) is 0 Å². The Kier molecular flexibility index (Phi) is 4.74. The number of carbonyl (C=O) groups is 1. The van der Waals surface area contributed by atoms with Gasteiger partial charge in [-0.3, -0.25) is 10.2 Å². The Balaban J connectivity index is 1.71. The fourth-order valence-corrected chi connectivity index (χ4v) is 3.50. The summed E-state index contributed by atoms with van der Waals surface area (Å²) in [5, 5.41) is 0. The van der Waals surface area contributed by atoms with E-state index in [9.17, 15) is 13.2 Å². The standard InChI is InChI=1S/C15H13BrN2O5S/c16-11-2-1-3-12(9-11)24(20,21)18-17-15(19)10-4-5-13-14(8-10)23-7-6-22-13/h1-5,8-9,18H,6-7H2,(H,17,19). The SMILES string of the molecule is O=C(NNS(=O)(=O)c1cccc(Br)c1)c1ccc2c(c1)OCCO2. The van der Waals surface area contributed by atoms with E-state index in [1.54, 1.807) is 18.2 Å². The topological polar surface area (TPSA) is 93.7 Å². The molecule has 0 spiro atoms. The summed E-state index contributed by atoms with van der Waals surface area (Å²) in [5.41, 5.74) is 2.42. The number of hydrazine groups is 1. The third-order valence-electron chi connectivity index (χ3n) is 3.21. The molecule has 0 saturated heterocycles. The van der Waals surface area contributed by atoms with Gasteiger partial charge in [0.15, 0.2) is 11.5 Å². The third kappa shape index (κ3) is 3.69. The predicted molar refractivity (Wildman–Crippen MR) is 89.4 cm³/mol. The maximum Gasteiger partial charge on any atom is 0.266 e. The average molecular weight is 413 g/mol. The molecular formula is C15H13BrN2O5S. The van der Waals surface area contributed by atoms with Gasteiger partial charge in [-0.25, -0.2) is 8.42 Å². The molecule has 126 valence electrons. The van der Waals surface area contributed by atoms with Crippen molar-refractivity contribution in [3.05, 3.63) is 52.5 Å². The van der Waals surface area contributed by atoms with Crippen LogP contribution < -0.4 is 19.7 Å². The van der Waals surface area contributed by atoms with Gasteiger partial charge in [0.05, 0.1) is 4.90 Å². The van der Waals surface area contributed by atoms with Crippen LogP contribution in [-0.2, 0) is 10.0 Å². The fraction of sp³-hybridized carbons (Fsp3) is 0.133. The van der Waals surface area contributed by atoms with E-state index >= 15 is 0 Å². The second-order valence-corrected chi connectivity index (χ2v) is 7.47. The van der Waals surface area contributed by atoms with Gasteiger partial charge in [-0.1, -0.05) is 22.0 Å². The van der Waals surface area contributed by atoms with Gasteiger partial charge in [-0.05, 0) is 36.4 Å². The molecule has 2 aromatic rings. The lowest BCUT2D eigenvalue weighted by Crippen LogP contribution is -2.41. The zero-order valence-electron chi connectivity index (χ0n) is 12.3. The minimum Gasteiger partial charge on any atom is -0.486 e. The van der Waals surface area contributed by atoms with Crippen molar-refractivity contribution in [3.63, 3.8) is 0 Å². The average Bonchev–Trinajstić information content (AvgIpc) is 2.59. The Morgan fingerprint density at radius 3 is 2.54 bits per heavy atom. The summed E-state index contributed by atoms with van der Waals surface area (Å²) in [6.45, 7) is 0.846. The Morgan fingerprint density at radius 1 is 1.04 bits per heavy atom. The van der Waals surface area contributed by atoms with Crippen LogP contribution in [0.1, 0.15) is 10.4 Å². The van der Waals surface area contributed by atoms with Crippen molar-refractivity contribution >= 4 is 31.9 Å². The molecule has 1 amide bonds. The van der Waals surface area contributed by atoms with Crippen molar-refractivity contribution in [1.82, 2.24) is 10.3 Å². The normalized spacial score (nSPS) is 13.4. The molecule has 7 nitrogen and oxygen atoms in total. The zero-order chi connectivity index (χ0) is 17.2. The maximum absolute atomic E-state index is 12.2. The van der Waals surface area contributed by atoms with E-state index in [1.807, 2.05) is 0 Å². The van der Waals surface area contributed by atoms with E-state index in [1.165, 1.54) is 24.3 Å². The molecule has 9 heteroatoms. The number of carbonyl (C=O) groups excluding carboxylic acids is 1. The summed E-state index contributed by atoms with van der Waals surface area (Å²) in [6.07, 6.45) is 0. The number of rotatable bonds is 4. The molecule has 0 atom stereocenters. The number of fused-ring (bicyclic) bond motifs is 1. The highest BCUT2D eigenvalue weighted by Crippen LogP contribution is 2.30. The molecule has 0 unspecified atom stereocenters. The highest BCUT2D eigenvalue weighted by molar-refractivity contribution is 9.10. The summed E-state index contributed by atoms with van der Waals surface area (Å²) >= 11 is 3.20. The van der Waals surface area contributed by atoms with Gasteiger partial charge in [0, 0.05) is 10.0 Å². The van der Waals surface area contributed by atoms with Crippen LogP contribution in [0, 0.1) is 0 Å². The van der Waals surface area contributed by atoms with Crippen LogP contribution in [0.4, 0.5) is 0 Å². The molecule has 24 heavy (non-hydrogen) atoms. The van der Waals surface area contributed by atoms with E-state index in [2.05, 4.69) is 26.2 Å². The highest BCUT2D eigenvalue weighted by Gasteiger charge is 2.18. The van der Waals surface area contributed by atoms with Crippen molar-refractivity contribution in [2.45, 2.75) is 4.90 Å². The molecule has 0 saturated carbocycles. The van der Waals surface area contributed by atoms with Crippen molar-refractivity contribution in [2.75, 3.05) is 13.2 Å². The van der Waals surface area contributed by atoms with Gasteiger partial charge in [-0.2, -0.15) is 0 Å². The monoisotopic (exact) mass is 412 g/mol. The van der Waals surface area contributed by atoms with Gasteiger partial charge in [0.25, 0.3) is 15.9 Å². The lowest BCUT2D eigenvalue weighted by atomic mass is 10.2. The second-order valence-electron chi connectivity index (χ2n) is 4.88. The molecule has 1 aliphatic rings. The minimum absolute atomic E-state index is 0.0272. The molecule has 0 aromatic heterocycles. The number of ether oxygens (including phenoxy) is 2. The first-order chi connectivity index (χ1) is 11.5. The van der Waals surface area contributed by atoms with Crippen LogP contribution in [-0.4, -0.2) is 27.5 Å². The Bertz CT molecular complexity index is 885. The number of hydrogen-bond acceptors (Lipinski definition) is 5. The highest BCUT2D eigenvalue weighted by atomic mass is 79.9. The van der Waals surface area contributed by atoms with Gasteiger partial charge >= 0.3 is 0 Å². The largest absolute Gasteiger partial charge is 0.486 e. The smallest absolute Gasteiger partial charge is 0.266 e. The van der Waals surface area contributed by atoms with E-state index in [4.69, 9.17) is 9.47 Å². The Hall–Kier alpha value is -2.10. The predicted octanol–water partition coefficient (Wildman–Crippen LogP) is 1.84. The summed E-state index contributed by atoms with van der Waals surface area (Å²) in [6, 6.07) is 10.8. The molecule has 1 heterocycles. The zero-order valence-corrected chi connectivity index (χ0v) is 14.7. The summed E-state index contributed by atoms with van der Waals surface area (Å²) < 4.78 is 35.7. The Labute approximate surface area is 147 Å². The molecule has 0 bridgehead atoms. The van der Waals surface area contributed by atoms with Crippen molar-refractivity contribution < 1.29 is 22.7 Å². The number of hydrogen-bond donors (Lipinski definition) is 2. The fourth-order valence-electron chi connectivity index (χ4n) is 2.06. The first-order valence-corrected chi connectivity index (χ1v) is 9.21. The second kappa shape index (κ2) is 6.80. The van der Waals surface area contributed by atoms with Gasteiger partial charge in [-0.15, -0.1) is 4.83 Å². The van der Waals surface area contributed by atoms with E-state index in [0.29, 0.717) is 29.2 Å². The molecule has 2 N–H and O–H groups in total. The van der Waals surface area contributed by atoms with Crippen LogP contribution in [0.2, 0.25) is 0 Å². The van der Waals surface area contributed by atoms with Gasteiger partial charge < -0.3 is 9.47 Å². The van der Waals surface area contributed by atoms with Crippen molar-refractivity contribution in [1.29, 1.82) is 0 Å². The van der Waals surface area contributed by atoms with E-state index < -0.39 is 15.9 Å². The number of amides is 1. The summed E-state index contributed by atoms with van der Waals surface area (Å²) in [5.74, 6) is 0.391. The van der Waals surface area contributed by atoms with Crippen LogP contribution in [0.5, 0.6) is 11.5 Å². The number of nitrogens with one attached hydrogen (secondary N) is 2. The molecule has 1 aliphatic heterocycles. The molecule has 0 aliphatic carbocycles. The lowest BCUT2D eigenvalue weighted by Gasteiger charge is -2.18. The minimum atomic E-state index is -3.87. The first kappa shape index (κ1) is 16.7. The van der Waals surface area contributed by atoms with Crippen LogP contribution in [0.3, 0.4) is 0 Å². The van der Waals surface area contributed by atoms with E-state index in [0.717, 1.165) is 0 Å². The first-order valence-electron chi connectivity index (χ1n) is 6.93. The maximum atomic E-state index is 12.2. The van der Waals surface area contributed by atoms with Crippen LogP contribution in [0.15, 0.2) is 51.8 Å². The third-order valence-corrected chi connectivity index (χ3v) is 4.95. The molecule has 0 fully saturated rings. The molecule has 3 rings (SSSR count). The molecular weight excluding hydrogens is 400 g/mol.